The van der Waals surface area contributed by atoms with Crippen molar-refractivity contribution in [2.24, 2.45) is 0 Å². The second kappa shape index (κ2) is 8.39. The van der Waals surface area contributed by atoms with Gasteiger partial charge in [0.25, 0.3) is 0 Å². The monoisotopic (exact) mass is 212 g/mol. The van der Waals surface area contributed by atoms with E-state index in [4.69, 9.17) is 9.47 Å². The van der Waals surface area contributed by atoms with Crippen molar-refractivity contribution in [1.82, 2.24) is 0 Å². The number of ether oxygens (including phenoxy) is 2. The summed E-state index contributed by atoms with van der Waals surface area (Å²) in [4.78, 5) is 0. The number of methoxy groups -OCH3 is 1. The van der Waals surface area contributed by atoms with Gasteiger partial charge in [0, 0.05) is 6.42 Å². The van der Waals surface area contributed by atoms with Gasteiger partial charge >= 0.3 is 0 Å². The van der Waals surface area contributed by atoms with E-state index < -0.39 is 0 Å². The first-order chi connectivity index (χ1) is 7.21. The molecule has 0 aliphatic carbocycles. The van der Waals surface area contributed by atoms with Crippen LogP contribution in [0, 0.1) is 0 Å². The Balaban J connectivity index is 4.64. The summed E-state index contributed by atoms with van der Waals surface area (Å²) in [5.41, 5.74) is 1.14. The number of unbranched alkanes of at least 4 members (excludes halogenated alkanes) is 1. The van der Waals surface area contributed by atoms with Crippen molar-refractivity contribution in [3.8, 4) is 0 Å². The van der Waals surface area contributed by atoms with E-state index in [1.165, 1.54) is 0 Å². The lowest BCUT2D eigenvalue weighted by Crippen LogP contribution is -2.02. The van der Waals surface area contributed by atoms with Gasteiger partial charge in [-0.05, 0) is 25.8 Å². The van der Waals surface area contributed by atoms with Gasteiger partial charge in [0.05, 0.1) is 13.7 Å². The maximum absolute atomic E-state index is 5.77. The van der Waals surface area contributed by atoms with Gasteiger partial charge in [0.1, 0.15) is 5.76 Å². The molecule has 0 aromatic carbocycles. The molecule has 2 heteroatoms. The van der Waals surface area contributed by atoms with Crippen LogP contribution in [0.2, 0.25) is 0 Å². The molecule has 0 aromatic heterocycles. The Morgan fingerprint density at radius 3 is 2.33 bits per heavy atom. The van der Waals surface area contributed by atoms with E-state index in [-0.39, 0.29) is 0 Å². The van der Waals surface area contributed by atoms with E-state index in [1.807, 2.05) is 6.92 Å². The van der Waals surface area contributed by atoms with Crippen molar-refractivity contribution in [3.63, 3.8) is 0 Å². The molecule has 0 amide bonds. The predicted molar refractivity (Wildman–Crippen MR) is 64.6 cm³/mol. The van der Waals surface area contributed by atoms with Crippen LogP contribution in [0.4, 0.5) is 0 Å². The first-order valence-corrected chi connectivity index (χ1v) is 5.74. The van der Waals surface area contributed by atoms with E-state index >= 15 is 0 Å². The van der Waals surface area contributed by atoms with Crippen molar-refractivity contribution in [1.29, 1.82) is 0 Å². The number of rotatable bonds is 7. The molecule has 0 fully saturated rings. The predicted octanol–water partition coefficient (Wildman–Crippen LogP) is 4.04. The highest BCUT2D eigenvalue weighted by Crippen LogP contribution is 2.19. The van der Waals surface area contributed by atoms with Gasteiger partial charge in [0.15, 0.2) is 5.76 Å². The number of hydrogen-bond acceptors (Lipinski definition) is 2. The van der Waals surface area contributed by atoms with Crippen LogP contribution in [0.25, 0.3) is 0 Å². The molecule has 0 saturated heterocycles. The first-order valence-electron chi connectivity index (χ1n) is 5.74. The Morgan fingerprint density at radius 2 is 1.93 bits per heavy atom. The molecule has 0 N–H and O–H groups in total. The Kier molecular flexibility index (Phi) is 7.88. The SMILES string of the molecule is C/C=C(C)\C(OCCCC)=C(/CC)OC. The van der Waals surface area contributed by atoms with Crippen molar-refractivity contribution in [2.45, 2.75) is 47.0 Å². The fourth-order valence-corrected chi connectivity index (χ4v) is 1.26. The van der Waals surface area contributed by atoms with Gasteiger partial charge < -0.3 is 9.47 Å². The van der Waals surface area contributed by atoms with Crippen LogP contribution in [0.3, 0.4) is 0 Å². The maximum Gasteiger partial charge on any atom is 0.159 e. The fraction of sp³-hybridized carbons (Fsp3) is 0.692. The lowest BCUT2D eigenvalue weighted by Gasteiger charge is -2.15. The van der Waals surface area contributed by atoms with Gasteiger partial charge in [-0.1, -0.05) is 26.3 Å². The average molecular weight is 212 g/mol. The van der Waals surface area contributed by atoms with E-state index in [2.05, 4.69) is 26.8 Å². The number of hydrogen-bond donors (Lipinski definition) is 0. The number of allylic oxidation sites excluding steroid dienone is 3. The van der Waals surface area contributed by atoms with Crippen LogP contribution in [0.5, 0.6) is 0 Å². The molecule has 0 aliphatic rings. The lowest BCUT2D eigenvalue weighted by molar-refractivity contribution is 0.176. The second-order valence-electron chi connectivity index (χ2n) is 3.48. The van der Waals surface area contributed by atoms with E-state index in [0.29, 0.717) is 0 Å². The zero-order valence-corrected chi connectivity index (χ0v) is 10.7. The van der Waals surface area contributed by atoms with Crippen molar-refractivity contribution < 1.29 is 9.47 Å². The smallest absolute Gasteiger partial charge is 0.159 e. The molecule has 0 rings (SSSR count). The highest BCUT2D eigenvalue weighted by atomic mass is 16.5. The molecule has 0 saturated carbocycles. The minimum Gasteiger partial charge on any atom is -0.497 e. The largest absolute Gasteiger partial charge is 0.497 e. The molecular formula is C13H24O2. The summed E-state index contributed by atoms with van der Waals surface area (Å²) in [5, 5.41) is 0. The molecule has 0 radical (unpaired) electrons. The molecule has 2 nitrogen and oxygen atoms in total. The lowest BCUT2D eigenvalue weighted by atomic mass is 10.2. The maximum atomic E-state index is 5.77. The van der Waals surface area contributed by atoms with Gasteiger partial charge in [-0.2, -0.15) is 0 Å². The van der Waals surface area contributed by atoms with E-state index in [9.17, 15) is 0 Å². The molecule has 0 bridgehead atoms. The van der Waals surface area contributed by atoms with Gasteiger partial charge in [-0.15, -0.1) is 0 Å². The molecule has 0 aliphatic heterocycles. The average Bonchev–Trinajstić information content (AvgIpc) is 2.27. The Bertz CT molecular complexity index is 221. The molecule has 88 valence electrons. The fourth-order valence-electron chi connectivity index (χ4n) is 1.26. The van der Waals surface area contributed by atoms with Crippen LogP contribution >= 0.6 is 0 Å². The highest BCUT2D eigenvalue weighted by molar-refractivity contribution is 5.25. The molecule has 0 heterocycles. The third-order valence-electron chi connectivity index (χ3n) is 2.36. The zero-order chi connectivity index (χ0) is 11.7. The summed E-state index contributed by atoms with van der Waals surface area (Å²) in [5.74, 6) is 1.85. The van der Waals surface area contributed by atoms with Crippen molar-refractivity contribution in [2.75, 3.05) is 13.7 Å². The molecule has 0 aromatic rings. The second-order valence-corrected chi connectivity index (χ2v) is 3.48. The standard InChI is InChI=1S/C13H24O2/c1-6-9-10-15-13(11(4)7-2)12(8-3)14-5/h7H,6,8-10H2,1-5H3/b11-7-,13-12-. The third kappa shape index (κ3) is 4.91. The highest BCUT2D eigenvalue weighted by Gasteiger charge is 2.08. The third-order valence-corrected chi connectivity index (χ3v) is 2.36. The quantitative estimate of drug-likeness (QED) is 0.360. The van der Waals surface area contributed by atoms with Gasteiger partial charge in [0.2, 0.25) is 0 Å². The van der Waals surface area contributed by atoms with Gasteiger partial charge in [-0.25, -0.2) is 0 Å². The summed E-state index contributed by atoms with van der Waals surface area (Å²) in [6.45, 7) is 9.07. The summed E-state index contributed by atoms with van der Waals surface area (Å²) in [6, 6.07) is 0. The van der Waals surface area contributed by atoms with Crippen LogP contribution < -0.4 is 0 Å². The molecule has 15 heavy (non-hydrogen) atoms. The van der Waals surface area contributed by atoms with Crippen molar-refractivity contribution in [3.05, 3.63) is 23.2 Å². The summed E-state index contributed by atoms with van der Waals surface area (Å²) < 4.78 is 11.1. The summed E-state index contributed by atoms with van der Waals surface area (Å²) in [6.07, 6.45) is 5.15. The first kappa shape index (κ1) is 14.1. The molecular weight excluding hydrogens is 188 g/mol. The van der Waals surface area contributed by atoms with Gasteiger partial charge in [-0.3, -0.25) is 0 Å². The Labute approximate surface area is 94.0 Å². The minimum absolute atomic E-state index is 0.768. The van der Waals surface area contributed by atoms with Crippen LogP contribution in [-0.2, 0) is 9.47 Å². The molecule has 0 spiro atoms. The van der Waals surface area contributed by atoms with E-state index in [0.717, 1.165) is 43.0 Å². The van der Waals surface area contributed by atoms with Crippen LogP contribution in [0.1, 0.15) is 47.0 Å². The topological polar surface area (TPSA) is 18.5 Å². The summed E-state index contributed by atoms with van der Waals surface area (Å²) in [7, 11) is 1.70. The molecule has 0 unspecified atom stereocenters. The van der Waals surface area contributed by atoms with E-state index in [1.54, 1.807) is 7.11 Å². The van der Waals surface area contributed by atoms with Crippen LogP contribution in [-0.4, -0.2) is 13.7 Å². The zero-order valence-electron chi connectivity index (χ0n) is 10.7. The normalized spacial score (nSPS) is 13.5. The Morgan fingerprint density at radius 1 is 1.27 bits per heavy atom. The van der Waals surface area contributed by atoms with Crippen molar-refractivity contribution >= 4 is 0 Å². The van der Waals surface area contributed by atoms with Crippen LogP contribution in [0.15, 0.2) is 23.2 Å². The summed E-state index contributed by atoms with van der Waals surface area (Å²) >= 11 is 0. The minimum atomic E-state index is 0.768. The Hall–Kier alpha value is -0.920. The molecule has 0 atom stereocenters.